The maximum absolute atomic E-state index is 9.92. The predicted molar refractivity (Wildman–Crippen MR) is 77.2 cm³/mol. The number of rotatable bonds is 3. The van der Waals surface area contributed by atoms with E-state index in [1.165, 1.54) is 12.8 Å². The molecule has 0 spiro atoms. The number of H-pyrrole nitrogens is 1. The zero-order valence-corrected chi connectivity index (χ0v) is 12.2. The zero-order valence-electron chi connectivity index (χ0n) is 12.2. The van der Waals surface area contributed by atoms with E-state index in [1.807, 2.05) is 6.07 Å². The van der Waals surface area contributed by atoms with E-state index >= 15 is 0 Å². The Labute approximate surface area is 119 Å². The van der Waals surface area contributed by atoms with Crippen LogP contribution < -0.4 is 5.73 Å². The van der Waals surface area contributed by atoms with Gasteiger partial charge in [-0.3, -0.25) is 9.89 Å². The molecule has 0 aromatic carbocycles. The van der Waals surface area contributed by atoms with Crippen molar-refractivity contribution in [1.82, 2.24) is 15.1 Å². The fourth-order valence-electron chi connectivity index (χ4n) is 2.69. The molecule has 2 fully saturated rings. The number of likely N-dealkylation sites (tertiary alicyclic amines) is 1. The lowest BCUT2D eigenvalue weighted by atomic mass is 10.0. The number of anilines is 1. The highest BCUT2D eigenvalue weighted by atomic mass is 16.5. The third-order valence-electron chi connectivity index (χ3n) is 4.28. The number of nitrogens with zero attached hydrogens (tertiary/aromatic N) is 2. The molecule has 1 amide bonds. The van der Waals surface area contributed by atoms with Gasteiger partial charge < -0.3 is 15.4 Å². The molecule has 1 aromatic rings. The molecular weight excluding hydrogens is 256 g/mol. The molecule has 0 radical (unpaired) electrons. The van der Waals surface area contributed by atoms with E-state index in [0.717, 1.165) is 31.5 Å². The fraction of sp³-hybridized carbons (Fsp3) is 0.714. The van der Waals surface area contributed by atoms with Crippen LogP contribution in [0.1, 0.15) is 44.2 Å². The van der Waals surface area contributed by atoms with Gasteiger partial charge in [-0.1, -0.05) is 0 Å². The first kappa shape index (κ1) is 14.8. The van der Waals surface area contributed by atoms with Gasteiger partial charge >= 0.3 is 0 Å². The van der Waals surface area contributed by atoms with Gasteiger partial charge in [0.15, 0.2) is 0 Å². The van der Waals surface area contributed by atoms with Gasteiger partial charge in [-0.05, 0) is 32.6 Å². The lowest BCUT2D eigenvalue weighted by Gasteiger charge is -2.34. The van der Waals surface area contributed by atoms with Gasteiger partial charge in [0.05, 0.1) is 6.10 Å². The number of carbonyl (C=O) groups excluding carboxylic acids is 1. The van der Waals surface area contributed by atoms with Gasteiger partial charge in [0.1, 0.15) is 5.82 Å². The lowest BCUT2D eigenvalue weighted by Crippen LogP contribution is -2.44. The molecule has 1 aliphatic heterocycles. The topological polar surface area (TPSA) is 84.2 Å². The lowest BCUT2D eigenvalue weighted by molar-refractivity contribution is -0.124. The third-order valence-corrected chi connectivity index (χ3v) is 4.28. The average molecular weight is 280 g/mol. The van der Waals surface area contributed by atoms with Gasteiger partial charge in [0.25, 0.3) is 0 Å². The quantitative estimate of drug-likeness (QED) is 0.822. The molecule has 3 N–H and O–H groups in total. The first-order valence-electron chi connectivity index (χ1n) is 7.18. The second kappa shape index (κ2) is 6.74. The molecule has 0 bridgehead atoms. The van der Waals surface area contributed by atoms with Crippen molar-refractivity contribution in [3.05, 3.63) is 11.8 Å². The molecule has 1 aliphatic carbocycles. The Kier molecular flexibility index (Phi) is 5.00. The van der Waals surface area contributed by atoms with Crippen molar-refractivity contribution >= 4 is 12.2 Å². The van der Waals surface area contributed by atoms with Crippen LogP contribution in [0.5, 0.6) is 0 Å². The highest BCUT2D eigenvalue weighted by Gasteiger charge is 2.26. The number of ether oxygens (including phenoxy) is 1. The van der Waals surface area contributed by atoms with Gasteiger partial charge in [-0.15, -0.1) is 0 Å². The van der Waals surface area contributed by atoms with Crippen LogP contribution in [-0.2, 0) is 9.53 Å². The zero-order chi connectivity index (χ0) is 14.5. The van der Waals surface area contributed by atoms with Crippen LogP contribution in [0.4, 0.5) is 5.82 Å². The first-order valence-corrected chi connectivity index (χ1v) is 7.18. The molecule has 3 unspecified atom stereocenters. The van der Waals surface area contributed by atoms with E-state index in [0.29, 0.717) is 23.9 Å². The predicted octanol–water partition coefficient (Wildman–Crippen LogP) is 1.51. The van der Waals surface area contributed by atoms with Crippen molar-refractivity contribution < 1.29 is 9.53 Å². The Hall–Kier alpha value is -1.56. The molecule has 3 rings (SSSR count). The van der Waals surface area contributed by atoms with Gasteiger partial charge in [0, 0.05) is 37.4 Å². The standard InChI is InChI=1S/C9H15N3O.C5H9NO/c1-13-7-3-2-6(4-7)8-5-9(10)12-11-8;1-5-2-3-6(5)4-7/h5-7H,2-4H2,1H3,(H3,10,11,12);4-5H,2-3H2,1H3. The second-order valence-corrected chi connectivity index (χ2v) is 5.60. The fourth-order valence-corrected chi connectivity index (χ4v) is 2.69. The number of hydrogen-bond acceptors (Lipinski definition) is 4. The molecule has 1 aromatic heterocycles. The SMILES string of the molecule is CC1CCN1C=O.COC1CCC(c2cc(N)n[nH]2)C1. The molecule has 1 saturated carbocycles. The molecule has 2 heterocycles. The summed E-state index contributed by atoms with van der Waals surface area (Å²) in [4.78, 5) is 11.7. The Morgan fingerprint density at radius 3 is 2.65 bits per heavy atom. The number of nitrogens with two attached hydrogens (primary N) is 1. The van der Waals surface area contributed by atoms with Crippen LogP contribution in [0.15, 0.2) is 6.07 Å². The molecule has 2 aliphatic rings. The number of methoxy groups -OCH3 is 1. The Morgan fingerprint density at radius 2 is 2.30 bits per heavy atom. The van der Waals surface area contributed by atoms with E-state index in [1.54, 1.807) is 12.0 Å². The summed E-state index contributed by atoms with van der Waals surface area (Å²) in [6.07, 6.45) is 5.89. The van der Waals surface area contributed by atoms with Crippen LogP contribution in [-0.4, -0.2) is 47.3 Å². The summed E-state index contributed by atoms with van der Waals surface area (Å²) in [5.41, 5.74) is 6.69. The molecular formula is C14H24N4O2. The number of nitrogen functional groups attached to an aromatic ring is 1. The highest BCUT2D eigenvalue weighted by Crippen LogP contribution is 2.35. The van der Waals surface area contributed by atoms with Crippen LogP contribution >= 0.6 is 0 Å². The molecule has 1 saturated heterocycles. The number of nitrogens with one attached hydrogen (secondary N) is 1. The second-order valence-electron chi connectivity index (χ2n) is 5.60. The summed E-state index contributed by atoms with van der Waals surface area (Å²) < 4.78 is 5.30. The number of aromatic amines is 1. The van der Waals surface area contributed by atoms with Crippen molar-refractivity contribution in [3.63, 3.8) is 0 Å². The van der Waals surface area contributed by atoms with Crippen LogP contribution in [0, 0.1) is 0 Å². The van der Waals surface area contributed by atoms with Crippen LogP contribution in [0.3, 0.4) is 0 Å². The summed E-state index contributed by atoms with van der Waals surface area (Å²) in [5.74, 6) is 1.13. The molecule has 112 valence electrons. The third kappa shape index (κ3) is 3.50. The van der Waals surface area contributed by atoms with Gasteiger partial charge in [-0.25, -0.2) is 0 Å². The maximum Gasteiger partial charge on any atom is 0.209 e. The van der Waals surface area contributed by atoms with Gasteiger partial charge in [0.2, 0.25) is 6.41 Å². The minimum Gasteiger partial charge on any atom is -0.382 e. The summed E-state index contributed by atoms with van der Waals surface area (Å²) in [7, 11) is 1.77. The first-order chi connectivity index (χ1) is 9.63. The Morgan fingerprint density at radius 1 is 1.50 bits per heavy atom. The van der Waals surface area contributed by atoms with Crippen LogP contribution in [0.25, 0.3) is 0 Å². The monoisotopic (exact) mass is 280 g/mol. The summed E-state index contributed by atoms with van der Waals surface area (Å²) in [6.45, 7) is 3.02. The summed E-state index contributed by atoms with van der Waals surface area (Å²) >= 11 is 0. The minimum absolute atomic E-state index is 0.412. The van der Waals surface area contributed by atoms with Crippen molar-refractivity contribution in [2.24, 2.45) is 0 Å². The van der Waals surface area contributed by atoms with Gasteiger partial charge in [-0.2, -0.15) is 5.10 Å². The van der Waals surface area contributed by atoms with Crippen molar-refractivity contribution in [2.75, 3.05) is 19.4 Å². The van der Waals surface area contributed by atoms with E-state index in [4.69, 9.17) is 10.5 Å². The van der Waals surface area contributed by atoms with Crippen molar-refractivity contribution in [2.45, 2.75) is 50.7 Å². The summed E-state index contributed by atoms with van der Waals surface area (Å²) in [5, 5.41) is 6.89. The molecule has 3 atom stereocenters. The largest absolute Gasteiger partial charge is 0.382 e. The smallest absolute Gasteiger partial charge is 0.209 e. The van der Waals surface area contributed by atoms with E-state index in [-0.39, 0.29) is 0 Å². The number of amides is 1. The van der Waals surface area contributed by atoms with E-state index in [2.05, 4.69) is 17.1 Å². The van der Waals surface area contributed by atoms with Crippen LogP contribution in [0.2, 0.25) is 0 Å². The Bertz CT molecular complexity index is 435. The summed E-state index contributed by atoms with van der Waals surface area (Å²) in [6, 6.07) is 2.43. The minimum atomic E-state index is 0.412. The van der Waals surface area contributed by atoms with Crippen molar-refractivity contribution in [3.8, 4) is 0 Å². The van der Waals surface area contributed by atoms with E-state index in [9.17, 15) is 4.79 Å². The van der Waals surface area contributed by atoms with Crippen molar-refractivity contribution in [1.29, 1.82) is 0 Å². The molecule has 6 heteroatoms. The average Bonchev–Trinajstić information content (AvgIpc) is 3.06. The number of aromatic nitrogens is 2. The molecule has 20 heavy (non-hydrogen) atoms. The Balaban J connectivity index is 0.000000178. The maximum atomic E-state index is 9.92. The molecule has 6 nitrogen and oxygen atoms in total. The van der Waals surface area contributed by atoms with E-state index < -0.39 is 0 Å². The number of carbonyl (C=O) groups is 1. The highest BCUT2D eigenvalue weighted by molar-refractivity contribution is 5.49. The number of hydrogen-bond donors (Lipinski definition) is 2. The normalized spacial score (nSPS) is 28.5.